The fraction of sp³-hybridized carbons (Fsp3) is 0.100. The van der Waals surface area contributed by atoms with Gasteiger partial charge in [-0.15, -0.1) is 0 Å². The molecule has 2 heterocycles. The molecular formula is C30H24ClN4O5+. The number of carbonyl (C=O) groups is 2. The number of benzene rings is 3. The van der Waals surface area contributed by atoms with Gasteiger partial charge in [-0.3, -0.25) is 14.4 Å². The van der Waals surface area contributed by atoms with E-state index in [0.29, 0.717) is 55.5 Å². The van der Waals surface area contributed by atoms with Crippen LogP contribution in [0.5, 0.6) is 0 Å². The molecule has 0 fully saturated rings. The van der Waals surface area contributed by atoms with Gasteiger partial charge in [-0.25, -0.2) is 0 Å². The number of furan rings is 1. The maximum Gasteiger partial charge on any atom is 0.263 e. The van der Waals surface area contributed by atoms with Crippen molar-refractivity contribution in [3.05, 3.63) is 128 Å². The Balaban J connectivity index is 1.55. The Morgan fingerprint density at radius 1 is 0.925 bits per heavy atom. The molecule has 0 aliphatic heterocycles. The molecule has 0 spiro atoms. The molecule has 0 atom stereocenters. The van der Waals surface area contributed by atoms with Crippen molar-refractivity contribution in [3.8, 4) is 0 Å². The van der Waals surface area contributed by atoms with Crippen LogP contribution in [0.25, 0.3) is 10.9 Å². The summed E-state index contributed by atoms with van der Waals surface area (Å²) >= 11 is 5.95. The Morgan fingerprint density at radius 2 is 1.68 bits per heavy atom. The lowest BCUT2D eigenvalue weighted by atomic mass is 10.1. The summed E-state index contributed by atoms with van der Waals surface area (Å²) in [4.78, 5) is 51.5. The van der Waals surface area contributed by atoms with Crippen LogP contribution >= 0.6 is 11.6 Å². The predicted octanol–water partition coefficient (Wildman–Crippen LogP) is 6.04. The standard InChI is InChI=1S/C30H23ClN4O5/c1-34(39)22-13-7-19(8-14-22)28(36)33-26-5-2-6-27-24(26)18-25(29(37)32-21-11-9-20(31)10-12-21)30(38)35(27)16-15-23-4-3-17-40-23/h2-14,17-18H,15-16H2,1H3,(H-,32,33,36,37,38)/p+1. The number of hydrogen-bond donors (Lipinski definition) is 2. The lowest BCUT2D eigenvalue weighted by Gasteiger charge is -2.16. The van der Waals surface area contributed by atoms with Crippen molar-refractivity contribution in [1.82, 2.24) is 4.57 Å². The highest BCUT2D eigenvalue weighted by Crippen LogP contribution is 2.25. The fourth-order valence-corrected chi connectivity index (χ4v) is 4.45. The average Bonchev–Trinajstić information content (AvgIpc) is 3.47. The molecule has 200 valence electrons. The summed E-state index contributed by atoms with van der Waals surface area (Å²) in [6, 6.07) is 23.0. The van der Waals surface area contributed by atoms with Crippen LogP contribution in [-0.4, -0.2) is 28.2 Å². The largest absolute Gasteiger partial charge is 0.469 e. The molecule has 2 aromatic heterocycles. The molecule has 9 nitrogen and oxygen atoms in total. The van der Waals surface area contributed by atoms with Gasteiger partial charge in [0.1, 0.15) is 11.3 Å². The molecule has 0 unspecified atom stereocenters. The van der Waals surface area contributed by atoms with Crippen LogP contribution in [0.4, 0.5) is 17.1 Å². The smallest absolute Gasteiger partial charge is 0.263 e. The number of anilines is 2. The number of carbonyl (C=O) groups excluding carboxylic acids is 2. The summed E-state index contributed by atoms with van der Waals surface area (Å²) in [5.41, 5.74) is 1.62. The second-order valence-electron chi connectivity index (χ2n) is 9.04. The van der Waals surface area contributed by atoms with Gasteiger partial charge in [-0.05, 0) is 66.7 Å². The van der Waals surface area contributed by atoms with E-state index in [-0.39, 0.29) is 12.1 Å². The molecule has 0 bridgehead atoms. The molecule has 3 aromatic carbocycles. The topological polar surface area (TPSA) is 113 Å². The maximum absolute atomic E-state index is 13.6. The number of pyridine rings is 1. The fourth-order valence-electron chi connectivity index (χ4n) is 4.32. The quantitative estimate of drug-likeness (QED) is 0.227. The zero-order chi connectivity index (χ0) is 28.2. The molecule has 2 amide bonds. The number of amides is 2. The van der Waals surface area contributed by atoms with Crippen LogP contribution in [0, 0.1) is 4.91 Å². The molecule has 5 aromatic rings. The first-order chi connectivity index (χ1) is 19.3. The van der Waals surface area contributed by atoms with E-state index in [2.05, 4.69) is 10.6 Å². The van der Waals surface area contributed by atoms with E-state index in [4.69, 9.17) is 16.0 Å². The Morgan fingerprint density at radius 3 is 2.35 bits per heavy atom. The molecule has 0 aliphatic rings. The number of aromatic nitrogens is 1. The minimum absolute atomic E-state index is 0.0913. The van der Waals surface area contributed by atoms with E-state index in [1.807, 2.05) is 6.07 Å². The predicted molar refractivity (Wildman–Crippen MR) is 154 cm³/mol. The van der Waals surface area contributed by atoms with Gasteiger partial charge >= 0.3 is 0 Å². The van der Waals surface area contributed by atoms with Gasteiger partial charge in [0.2, 0.25) is 0 Å². The monoisotopic (exact) mass is 555 g/mol. The summed E-state index contributed by atoms with van der Waals surface area (Å²) in [5, 5.41) is 6.64. The van der Waals surface area contributed by atoms with Crippen molar-refractivity contribution in [2.75, 3.05) is 17.7 Å². The third-order valence-corrected chi connectivity index (χ3v) is 6.64. The molecular weight excluding hydrogens is 532 g/mol. The number of nitrogens with one attached hydrogen (secondary N) is 2. The van der Waals surface area contributed by atoms with E-state index in [1.165, 1.54) is 17.7 Å². The van der Waals surface area contributed by atoms with Gasteiger partial charge in [0.25, 0.3) is 23.1 Å². The van der Waals surface area contributed by atoms with Crippen molar-refractivity contribution in [3.63, 3.8) is 0 Å². The SMILES string of the molecule is C[N+](=O)c1ccc(C(=O)Nc2cccc3c2cc(C(=O)Nc2ccc(Cl)cc2)c(=O)n3CCc2ccco2)cc1. The molecule has 10 heteroatoms. The Hall–Kier alpha value is -5.02. The first-order valence-electron chi connectivity index (χ1n) is 12.4. The summed E-state index contributed by atoms with van der Waals surface area (Å²) in [6.07, 6.45) is 1.98. The Bertz CT molecular complexity index is 1780. The van der Waals surface area contributed by atoms with E-state index >= 15 is 0 Å². The summed E-state index contributed by atoms with van der Waals surface area (Å²) < 4.78 is 7.64. The van der Waals surface area contributed by atoms with Crippen molar-refractivity contribution < 1.29 is 18.8 Å². The highest BCUT2D eigenvalue weighted by molar-refractivity contribution is 6.30. The minimum atomic E-state index is -0.598. The third-order valence-electron chi connectivity index (χ3n) is 6.39. The van der Waals surface area contributed by atoms with Crippen molar-refractivity contribution in [2.24, 2.45) is 0 Å². The summed E-state index contributed by atoms with van der Waals surface area (Å²) in [6.45, 7) is 0.243. The number of hydrogen-bond acceptors (Lipinski definition) is 5. The molecule has 2 N–H and O–H groups in total. The van der Waals surface area contributed by atoms with Crippen LogP contribution in [0.15, 0.2) is 100 Å². The van der Waals surface area contributed by atoms with Crippen molar-refractivity contribution in [2.45, 2.75) is 13.0 Å². The van der Waals surface area contributed by atoms with Crippen molar-refractivity contribution in [1.29, 1.82) is 0 Å². The number of fused-ring (bicyclic) bond motifs is 1. The van der Waals surface area contributed by atoms with Gasteiger partial charge in [0.05, 0.1) is 17.5 Å². The lowest BCUT2D eigenvalue weighted by molar-refractivity contribution is -0.428. The first-order valence-corrected chi connectivity index (χ1v) is 12.8. The zero-order valence-corrected chi connectivity index (χ0v) is 22.1. The highest BCUT2D eigenvalue weighted by Gasteiger charge is 2.19. The van der Waals surface area contributed by atoms with E-state index in [1.54, 1.807) is 79.1 Å². The van der Waals surface area contributed by atoms with Crippen LogP contribution in [0.3, 0.4) is 0 Å². The van der Waals surface area contributed by atoms with Gasteiger partial charge in [-0.2, -0.15) is 0 Å². The second-order valence-corrected chi connectivity index (χ2v) is 9.48. The number of halogens is 1. The van der Waals surface area contributed by atoms with Crippen LogP contribution in [0.2, 0.25) is 5.02 Å². The van der Waals surface area contributed by atoms with E-state index in [0.717, 1.165) is 0 Å². The van der Waals surface area contributed by atoms with Crippen LogP contribution in [0.1, 0.15) is 26.5 Å². The van der Waals surface area contributed by atoms with Crippen LogP contribution in [-0.2, 0) is 13.0 Å². The molecule has 5 rings (SSSR count). The molecule has 0 aliphatic carbocycles. The van der Waals surface area contributed by atoms with Gasteiger partial charge < -0.3 is 19.6 Å². The lowest BCUT2D eigenvalue weighted by Crippen LogP contribution is -2.30. The average molecular weight is 556 g/mol. The van der Waals surface area contributed by atoms with Crippen molar-refractivity contribution >= 4 is 51.4 Å². The second kappa shape index (κ2) is 11.4. The maximum atomic E-state index is 13.6. The summed E-state index contributed by atoms with van der Waals surface area (Å²) in [5.74, 6) is -0.319. The third kappa shape index (κ3) is 5.69. The Labute approximate surface area is 233 Å². The minimum Gasteiger partial charge on any atom is -0.469 e. The number of rotatable bonds is 8. The molecule has 0 saturated carbocycles. The van der Waals surface area contributed by atoms with Gasteiger partial charge in [-0.1, -0.05) is 17.7 Å². The first kappa shape index (κ1) is 26.6. The molecule has 0 saturated heterocycles. The summed E-state index contributed by atoms with van der Waals surface area (Å²) in [7, 11) is 1.37. The normalized spacial score (nSPS) is 10.8. The van der Waals surface area contributed by atoms with Gasteiger partial charge in [0.15, 0.2) is 7.05 Å². The molecule has 0 radical (unpaired) electrons. The number of nitrogens with zero attached hydrogens (tertiary/aromatic N) is 2. The zero-order valence-electron chi connectivity index (χ0n) is 21.4. The van der Waals surface area contributed by atoms with E-state index in [9.17, 15) is 19.3 Å². The Kier molecular flexibility index (Phi) is 7.56. The molecule has 40 heavy (non-hydrogen) atoms. The van der Waals surface area contributed by atoms with E-state index < -0.39 is 17.4 Å². The van der Waals surface area contributed by atoms with Gasteiger partial charge in [0, 0.05) is 56.4 Å². The number of nitroso groups, excluding NO2 is 1. The highest BCUT2D eigenvalue weighted by atomic mass is 35.5. The van der Waals surface area contributed by atoms with Crippen LogP contribution < -0.4 is 16.2 Å². The number of aryl methyl sites for hydroxylation is 2.